The van der Waals surface area contributed by atoms with Crippen LogP contribution in [0.5, 0.6) is 0 Å². The SMILES string of the molecule is CCS(=O)(=O)CCCNC12CC3CC(C)(CC(C)(C3)C1)C2. The van der Waals surface area contributed by atoms with Crippen LogP contribution in [0.2, 0.25) is 0 Å². The fraction of sp³-hybridized carbons (Fsp3) is 1.00. The lowest BCUT2D eigenvalue weighted by atomic mass is 9.43. The zero-order chi connectivity index (χ0) is 15.4. The van der Waals surface area contributed by atoms with Crippen LogP contribution in [0.25, 0.3) is 0 Å². The van der Waals surface area contributed by atoms with E-state index in [1.807, 2.05) is 0 Å². The van der Waals surface area contributed by atoms with E-state index in [2.05, 4.69) is 19.2 Å². The van der Waals surface area contributed by atoms with Gasteiger partial charge in [0.2, 0.25) is 0 Å². The van der Waals surface area contributed by atoms with Gasteiger partial charge in [0, 0.05) is 11.3 Å². The van der Waals surface area contributed by atoms with Crippen molar-refractivity contribution in [3.05, 3.63) is 0 Å². The number of rotatable bonds is 6. The van der Waals surface area contributed by atoms with Crippen molar-refractivity contribution < 1.29 is 8.42 Å². The number of nitrogens with one attached hydrogen (secondary N) is 1. The summed E-state index contributed by atoms with van der Waals surface area (Å²) in [6, 6.07) is 0. The highest BCUT2D eigenvalue weighted by Crippen LogP contribution is 2.66. The van der Waals surface area contributed by atoms with Crippen LogP contribution in [-0.4, -0.2) is 32.0 Å². The molecule has 122 valence electrons. The summed E-state index contributed by atoms with van der Waals surface area (Å²) in [6.45, 7) is 7.56. The molecule has 4 rings (SSSR count). The first kappa shape index (κ1) is 15.8. The van der Waals surface area contributed by atoms with Crippen LogP contribution in [0.4, 0.5) is 0 Å². The first-order valence-electron chi connectivity index (χ1n) is 8.63. The van der Waals surface area contributed by atoms with Crippen LogP contribution in [-0.2, 0) is 9.84 Å². The second kappa shape index (κ2) is 4.95. The molecule has 1 N–H and O–H groups in total. The van der Waals surface area contributed by atoms with Crippen molar-refractivity contribution in [1.82, 2.24) is 5.32 Å². The van der Waals surface area contributed by atoms with Gasteiger partial charge in [-0.3, -0.25) is 0 Å². The van der Waals surface area contributed by atoms with Gasteiger partial charge < -0.3 is 5.32 Å². The van der Waals surface area contributed by atoms with Crippen molar-refractivity contribution in [2.45, 2.75) is 71.3 Å². The summed E-state index contributed by atoms with van der Waals surface area (Å²) >= 11 is 0. The molecule has 21 heavy (non-hydrogen) atoms. The highest BCUT2D eigenvalue weighted by atomic mass is 32.2. The molecule has 4 heteroatoms. The summed E-state index contributed by atoms with van der Waals surface area (Å²) in [4.78, 5) is 0. The van der Waals surface area contributed by atoms with E-state index in [-0.39, 0.29) is 5.75 Å². The van der Waals surface area contributed by atoms with E-state index in [4.69, 9.17) is 0 Å². The van der Waals surface area contributed by atoms with E-state index in [0.717, 1.165) is 18.9 Å². The fourth-order valence-electron chi connectivity index (χ4n) is 6.43. The molecule has 0 saturated heterocycles. The van der Waals surface area contributed by atoms with Crippen molar-refractivity contribution >= 4 is 9.84 Å². The van der Waals surface area contributed by atoms with E-state index in [0.29, 0.717) is 22.1 Å². The summed E-state index contributed by atoms with van der Waals surface area (Å²) in [6.07, 6.45) is 8.89. The quantitative estimate of drug-likeness (QED) is 0.766. The first-order chi connectivity index (χ1) is 9.67. The highest BCUT2D eigenvalue weighted by Gasteiger charge is 2.59. The van der Waals surface area contributed by atoms with E-state index in [9.17, 15) is 8.42 Å². The lowest BCUT2D eigenvalue weighted by Crippen LogP contribution is -2.64. The minimum atomic E-state index is -2.81. The minimum Gasteiger partial charge on any atom is -0.311 e. The summed E-state index contributed by atoms with van der Waals surface area (Å²) in [7, 11) is -2.81. The molecule has 4 bridgehead atoms. The van der Waals surface area contributed by atoms with Crippen molar-refractivity contribution in [2.75, 3.05) is 18.1 Å². The van der Waals surface area contributed by atoms with Crippen LogP contribution in [0.15, 0.2) is 0 Å². The maximum atomic E-state index is 11.6. The number of hydrogen-bond donors (Lipinski definition) is 1. The fourth-order valence-corrected chi connectivity index (χ4v) is 7.31. The van der Waals surface area contributed by atoms with Gasteiger partial charge in [0.05, 0.1) is 5.75 Å². The smallest absolute Gasteiger partial charge is 0.150 e. The van der Waals surface area contributed by atoms with Crippen LogP contribution in [0.3, 0.4) is 0 Å². The van der Waals surface area contributed by atoms with Crippen molar-refractivity contribution in [1.29, 1.82) is 0 Å². The molecule has 4 saturated carbocycles. The zero-order valence-corrected chi connectivity index (χ0v) is 14.7. The molecule has 0 amide bonds. The Labute approximate surface area is 130 Å². The van der Waals surface area contributed by atoms with Gasteiger partial charge in [-0.25, -0.2) is 8.42 Å². The average Bonchev–Trinajstić information content (AvgIpc) is 2.30. The molecule has 0 aromatic carbocycles. The molecular weight excluding hydrogens is 282 g/mol. The molecule has 0 aromatic heterocycles. The third kappa shape index (κ3) is 3.17. The van der Waals surface area contributed by atoms with Crippen molar-refractivity contribution in [2.24, 2.45) is 16.7 Å². The Morgan fingerprint density at radius 3 is 2.19 bits per heavy atom. The predicted octanol–water partition coefficient (Wildman–Crippen LogP) is 3.15. The van der Waals surface area contributed by atoms with E-state index in [1.54, 1.807) is 6.92 Å². The highest BCUT2D eigenvalue weighted by molar-refractivity contribution is 7.91. The van der Waals surface area contributed by atoms with Crippen LogP contribution in [0, 0.1) is 16.7 Å². The van der Waals surface area contributed by atoms with E-state index in [1.165, 1.54) is 38.5 Å². The molecule has 2 atom stereocenters. The maximum Gasteiger partial charge on any atom is 0.150 e. The molecule has 0 aliphatic heterocycles. The predicted molar refractivity (Wildman–Crippen MR) is 87.1 cm³/mol. The summed E-state index contributed by atoms with van der Waals surface area (Å²) in [5, 5.41) is 3.81. The lowest BCUT2D eigenvalue weighted by molar-refractivity contribution is -0.117. The van der Waals surface area contributed by atoms with Crippen molar-refractivity contribution in [3.63, 3.8) is 0 Å². The largest absolute Gasteiger partial charge is 0.311 e. The van der Waals surface area contributed by atoms with E-state index >= 15 is 0 Å². The molecule has 4 aliphatic carbocycles. The molecule has 0 spiro atoms. The standard InChI is InChI=1S/C17H31NO2S/c1-4-21(19,20)7-5-6-18-17-10-14-8-15(2,12-17)11-16(3,9-14)13-17/h14,18H,4-13H2,1-3H3. The molecule has 2 unspecified atom stereocenters. The molecular formula is C17H31NO2S. The van der Waals surface area contributed by atoms with Crippen LogP contribution < -0.4 is 5.32 Å². The van der Waals surface area contributed by atoms with Gasteiger partial charge in [-0.05, 0) is 68.2 Å². The average molecular weight is 314 g/mol. The Hall–Kier alpha value is -0.0900. The second-order valence-electron chi connectivity index (χ2n) is 8.93. The molecule has 0 heterocycles. The zero-order valence-electron chi connectivity index (χ0n) is 13.9. The van der Waals surface area contributed by atoms with Gasteiger partial charge >= 0.3 is 0 Å². The third-order valence-electron chi connectivity index (χ3n) is 6.20. The van der Waals surface area contributed by atoms with E-state index < -0.39 is 9.84 Å². The molecule has 4 fully saturated rings. The molecule has 0 aromatic rings. The molecule has 4 aliphatic rings. The third-order valence-corrected chi connectivity index (χ3v) is 7.99. The van der Waals surface area contributed by atoms with Gasteiger partial charge in [0.15, 0.2) is 0 Å². The minimum absolute atomic E-state index is 0.274. The Balaban J connectivity index is 1.61. The van der Waals surface area contributed by atoms with Gasteiger partial charge in [0.25, 0.3) is 0 Å². The van der Waals surface area contributed by atoms with Gasteiger partial charge in [-0.15, -0.1) is 0 Å². The second-order valence-corrected chi connectivity index (χ2v) is 11.4. The summed E-state index contributed by atoms with van der Waals surface area (Å²) < 4.78 is 23.2. The summed E-state index contributed by atoms with van der Waals surface area (Å²) in [5.41, 5.74) is 1.35. The van der Waals surface area contributed by atoms with Crippen LogP contribution in [0.1, 0.15) is 65.7 Å². The normalized spacial score (nSPS) is 45.2. The Bertz CT molecular complexity index is 495. The first-order valence-corrected chi connectivity index (χ1v) is 10.4. The van der Waals surface area contributed by atoms with Gasteiger partial charge in [-0.1, -0.05) is 20.8 Å². The van der Waals surface area contributed by atoms with Crippen molar-refractivity contribution in [3.8, 4) is 0 Å². The lowest BCUT2D eigenvalue weighted by Gasteiger charge is -2.65. The molecule has 0 radical (unpaired) electrons. The molecule has 3 nitrogen and oxygen atoms in total. The Morgan fingerprint density at radius 2 is 1.67 bits per heavy atom. The monoisotopic (exact) mass is 313 g/mol. The Morgan fingerprint density at radius 1 is 1.05 bits per heavy atom. The topological polar surface area (TPSA) is 46.2 Å². The Kier molecular flexibility index (Phi) is 3.73. The number of sulfone groups is 1. The van der Waals surface area contributed by atoms with Gasteiger partial charge in [-0.2, -0.15) is 0 Å². The van der Waals surface area contributed by atoms with Crippen LogP contribution >= 0.6 is 0 Å². The maximum absolute atomic E-state index is 11.6. The summed E-state index contributed by atoms with van der Waals surface area (Å²) in [5.74, 6) is 1.50. The van der Waals surface area contributed by atoms with Gasteiger partial charge in [0.1, 0.15) is 9.84 Å². The number of hydrogen-bond acceptors (Lipinski definition) is 3.